The number of alkyl halides is 1. The van der Waals surface area contributed by atoms with Gasteiger partial charge >= 0.3 is 0 Å². The highest BCUT2D eigenvalue weighted by molar-refractivity contribution is 9.10. The van der Waals surface area contributed by atoms with Crippen molar-refractivity contribution in [2.75, 3.05) is 0 Å². The van der Waals surface area contributed by atoms with E-state index < -0.39 is 0 Å². The van der Waals surface area contributed by atoms with Gasteiger partial charge in [-0.1, -0.05) is 22.4 Å². The summed E-state index contributed by atoms with van der Waals surface area (Å²) in [6.07, 6.45) is 7.70. The molecule has 0 aromatic carbocycles. The summed E-state index contributed by atoms with van der Waals surface area (Å²) in [5, 5.41) is 0. The van der Waals surface area contributed by atoms with Crippen LogP contribution in [0.4, 0.5) is 0 Å². The maximum atomic E-state index is 4.00. The number of hydrogen-bond acceptors (Lipinski definition) is 0. The van der Waals surface area contributed by atoms with Gasteiger partial charge in [-0.2, -0.15) is 0 Å². The zero-order valence-electron chi connectivity index (χ0n) is 7.30. The summed E-state index contributed by atoms with van der Waals surface area (Å²) in [6, 6.07) is 0. The lowest BCUT2D eigenvalue weighted by atomic mass is 9.79. The van der Waals surface area contributed by atoms with E-state index in [2.05, 4.69) is 15.9 Å². The molecule has 0 spiro atoms. The van der Waals surface area contributed by atoms with Crippen LogP contribution in [0.2, 0.25) is 0 Å². The summed E-state index contributed by atoms with van der Waals surface area (Å²) in [4.78, 5) is 0. The third-order valence-electron chi connectivity index (χ3n) is 5.13. The van der Waals surface area contributed by atoms with Crippen molar-refractivity contribution in [3.63, 3.8) is 0 Å². The van der Waals surface area contributed by atoms with Crippen LogP contribution in [-0.2, 0) is 0 Å². The Kier molecular flexibility index (Phi) is 1.03. The first kappa shape index (κ1) is 6.86. The van der Waals surface area contributed by atoms with E-state index in [1.807, 2.05) is 0 Å². The van der Waals surface area contributed by atoms with Crippen molar-refractivity contribution in [3.8, 4) is 0 Å². The highest BCUT2D eigenvalue weighted by Gasteiger charge is 2.72. The van der Waals surface area contributed by atoms with Crippen LogP contribution in [0.1, 0.15) is 32.1 Å². The van der Waals surface area contributed by atoms with Crippen LogP contribution in [0.5, 0.6) is 0 Å². The fourth-order valence-electron chi connectivity index (χ4n) is 4.34. The fourth-order valence-corrected chi connectivity index (χ4v) is 5.66. The van der Waals surface area contributed by atoms with Crippen LogP contribution in [-0.4, -0.2) is 4.32 Å². The van der Waals surface area contributed by atoms with Crippen molar-refractivity contribution in [1.82, 2.24) is 0 Å². The largest absolute Gasteiger partial charge is 0.0847 e. The molecule has 1 heteroatoms. The van der Waals surface area contributed by atoms with Gasteiger partial charge < -0.3 is 0 Å². The third kappa shape index (κ3) is 0.604. The molecule has 4 saturated carbocycles. The minimum atomic E-state index is 0.672. The molecular weight excluding hydrogens is 212 g/mol. The Hall–Kier alpha value is 0.480. The lowest BCUT2D eigenvalue weighted by Gasteiger charge is -2.27. The summed E-state index contributed by atoms with van der Waals surface area (Å²) in [7, 11) is 0. The molecular formula is C11H15Br. The van der Waals surface area contributed by atoms with E-state index in [1.54, 1.807) is 12.8 Å². The summed E-state index contributed by atoms with van der Waals surface area (Å²) < 4.78 is 0.672. The molecule has 6 unspecified atom stereocenters. The SMILES string of the molecule is BrC12CCCC1C2C1CC2CC21. The second-order valence-electron chi connectivity index (χ2n) is 5.51. The van der Waals surface area contributed by atoms with Gasteiger partial charge in [-0.15, -0.1) is 0 Å². The van der Waals surface area contributed by atoms with Gasteiger partial charge in [0.15, 0.2) is 0 Å². The predicted octanol–water partition coefficient (Wildman–Crippen LogP) is 3.21. The second kappa shape index (κ2) is 1.80. The summed E-state index contributed by atoms with van der Waals surface area (Å²) in [6.45, 7) is 0. The summed E-state index contributed by atoms with van der Waals surface area (Å²) in [5.74, 6) is 5.79. The van der Waals surface area contributed by atoms with Crippen molar-refractivity contribution in [1.29, 1.82) is 0 Å². The molecule has 0 radical (unpaired) electrons. The molecule has 6 atom stereocenters. The molecule has 0 amide bonds. The van der Waals surface area contributed by atoms with Gasteiger partial charge in [-0.05, 0) is 55.3 Å². The Morgan fingerprint density at radius 2 is 2.00 bits per heavy atom. The highest BCUT2D eigenvalue weighted by atomic mass is 79.9. The first-order chi connectivity index (χ1) is 5.81. The van der Waals surface area contributed by atoms with Crippen LogP contribution < -0.4 is 0 Å². The third-order valence-corrected chi connectivity index (χ3v) is 6.65. The molecule has 12 heavy (non-hydrogen) atoms. The second-order valence-corrected chi connectivity index (χ2v) is 6.99. The van der Waals surface area contributed by atoms with Gasteiger partial charge in [-0.25, -0.2) is 0 Å². The summed E-state index contributed by atoms with van der Waals surface area (Å²) in [5.41, 5.74) is 0. The number of hydrogen-bond donors (Lipinski definition) is 0. The minimum absolute atomic E-state index is 0.672. The van der Waals surface area contributed by atoms with Gasteiger partial charge in [0.1, 0.15) is 0 Å². The van der Waals surface area contributed by atoms with Crippen LogP contribution >= 0.6 is 15.9 Å². The molecule has 0 aromatic heterocycles. The quantitative estimate of drug-likeness (QED) is 0.603. The van der Waals surface area contributed by atoms with Gasteiger partial charge in [0, 0.05) is 4.32 Å². The van der Waals surface area contributed by atoms with E-state index in [4.69, 9.17) is 0 Å². The van der Waals surface area contributed by atoms with Gasteiger partial charge in [0.05, 0.1) is 0 Å². The number of fused-ring (bicyclic) bond motifs is 2. The normalized spacial score (nSPS) is 71.2. The lowest BCUT2D eigenvalue weighted by molar-refractivity contribution is 0.229. The van der Waals surface area contributed by atoms with Crippen LogP contribution in [0.15, 0.2) is 0 Å². The average molecular weight is 227 g/mol. The Morgan fingerprint density at radius 1 is 1.17 bits per heavy atom. The minimum Gasteiger partial charge on any atom is -0.0847 e. The smallest absolute Gasteiger partial charge is 0.0323 e. The number of halogens is 1. The molecule has 0 nitrogen and oxygen atoms in total. The Labute approximate surface area is 82.2 Å². The van der Waals surface area contributed by atoms with E-state index in [9.17, 15) is 0 Å². The molecule has 0 saturated heterocycles. The molecule has 4 rings (SSSR count). The zero-order chi connectivity index (χ0) is 7.92. The molecule has 0 N–H and O–H groups in total. The molecule has 0 aliphatic heterocycles. The van der Waals surface area contributed by atoms with Crippen molar-refractivity contribution < 1.29 is 0 Å². The molecule has 4 aliphatic rings. The maximum absolute atomic E-state index is 4.00. The van der Waals surface area contributed by atoms with Crippen molar-refractivity contribution >= 4 is 15.9 Å². The Balaban J connectivity index is 1.58. The highest BCUT2D eigenvalue weighted by Crippen LogP contribution is 2.77. The van der Waals surface area contributed by atoms with E-state index >= 15 is 0 Å². The van der Waals surface area contributed by atoms with Crippen molar-refractivity contribution in [3.05, 3.63) is 0 Å². The maximum Gasteiger partial charge on any atom is 0.0323 e. The molecule has 4 fully saturated rings. The molecule has 0 aromatic rings. The van der Waals surface area contributed by atoms with Crippen LogP contribution in [0.25, 0.3) is 0 Å². The van der Waals surface area contributed by atoms with E-state index in [1.165, 1.54) is 37.0 Å². The van der Waals surface area contributed by atoms with Crippen LogP contribution in [0, 0.1) is 29.6 Å². The Morgan fingerprint density at radius 3 is 2.50 bits per heavy atom. The van der Waals surface area contributed by atoms with Crippen molar-refractivity contribution in [2.45, 2.75) is 36.4 Å². The van der Waals surface area contributed by atoms with E-state index in [-0.39, 0.29) is 0 Å². The van der Waals surface area contributed by atoms with Crippen LogP contribution in [0.3, 0.4) is 0 Å². The Bertz CT molecular complexity index is 249. The van der Waals surface area contributed by atoms with Crippen molar-refractivity contribution in [2.24, 2.45) is 29.6 Å². The fraction of sp³-hybridized carbons (Fsp3) is 1.00. The van der Waals surface area contributed by atoms with E-state index in [0.29, 0.717) is 4.32 Å². The molecule has 0 heterocycles. The molecule has 66 valence electrons. The molecule has 0 bridgehead atoms. The van der Waals surface area contributed by atoms with E-state index in [0.717, 1.165) is 11.8 Å². The monoisotopic (exact) mass is 226 g/mol. The topological polar surface area (TPSA) is 0 Å². The zero-order valence-corrected chi connectivity index (χ0v) is 8.89. The van der Waals surface area contributed by atoms with Gasteiger partial charge in [0.2, 0.25) is 0 Å². The first-order valence-corrected chi connectivity index (χ1v) is 6.29. The first-order valence-electron chi connectivity index (χ1n) is 5.49. The average Bonchev–Trinajstić information content (AvgIpc) is 2.73. The lowest BCUT2D eigenvalue weighted by Crippen LogP contribution is -2.22. The standard InChI is InChI=1S/C11H15Br/c12-11-3-1-2-9(11)10(11)8-5-6-4-7(6)8/h6-10H,1-5H2. The number of rotatable bonds is 1. The van der Waals surface area contributed by atoms with Gasteiger partial charge in [0.25, 0.3) is 0 Å². The van der Waals surface area contributed by atoms with Gasteiger partial charge in [-0.3, -0.25) is 0 Å². The molecule has 4 aliphatic carbocycles. The summed E-state index contributed by atoms with van der Waals surface area (Å²) >= 11 is 4.00. The predicted molar refractivity (Wildman–Crippen MR) is 52.2 cm³/mol.